The lowest BCUT2D eigenvalue weighted by Gasteiger charge is -2.41. The van der Waals surface area contributed by atoms with Crippen LogP contribution in [-0.4, -0.2) is 30.8 Å². The molecule has 0 radical (unpaired) electrons. The van der Waals surface area contributed by atoms with E-state index in [1.807, 2.05) is 0 Å². The van der Waals surface area contributed by atoms with Crippen LogP contribution in [0.15, 0.2) is 48.5 Å². The van der Waals surface area contributed by atoms with Crippen LogP contribution in [0.4, 0.5) is 11.4 Å². The molecule has 2 saturated heterocycles. The van der Waals surface area contributed by atoms with Crippen molar-refractivity contribution in [2.24, 2.45) is 0 Å². The molecule has 0 saturated carbocycles. The number of hydrogen-bond acceptors (Lipinski definition) is 1. The molecule has 5 heteroatoms. The minimum Gasteiger partial charge on any atom is -0.293 e. The first-order valence-corrected chi connectivity index (χ1v) is 11.2. The lowest BCUT2D eigenvalue weighted by molar-refractivity contribution is 0.344. The Morgan fingerprint density at radius 2 is 1.08 bits per heavy atom. The molecule has 0 aromatic heterocycles. The van der Waals surface area contributed by atoms with Crippen molar-refractivity contribution in [3.05, 3.63) is 59.7 Å². The highest BCUT2D eigenvalue weighted by atomic mass is 31.2. The van der Waals surface area contributed by atoms with E-state index < -0.39 is 7.59 Å². The minimum absolute atomic E-state index is 0.796. The molecule has 0 aliphatic carbocycles. The van der Waals surface area contributed by atoms with Crippen LogP contribution < -0.4 is 9.34 Å². The standard InChI is InChI=1S/C21H28N3OP/c1-18-6-10-20(11-7-18)23-16-17-24(21-12-8-19(2)9-13-21)26(23,25)22-14-4-3-5-15-22/h6-13H,3-5,14-17H2,1-2H3. The molecule has 2 aromatic carbocycles. The predicted octanol–water partition coefficient (Wildman–Crippen LogP) is 5.22. The van der Waals surface area contributed by atoms with Gasteiger partial charge in [-0.3, -0.25) is 13.9 Å². The number of anilines is 2. The Kier molecular flexibility index (Phi) is 4.81. The zero-order valence-corrected chi connectivity index (χ0v) is 16.7. The van der Waals surface area contributed by atoms with E-state index in [0.717, 1.165) is 50.4 Å². The highest BCUT2D eigenvalue weighted by molar-refractivity contribution is 7.65. The third kappa shape index (κ3) is 3.06. The summed E-state index contributed by atoms with van der Waals surface area (Å²) in [4.78, 5) is 0. The summed E-state index contributed by atoms with van der Waals surface area (Å²) in [6.45, 7) is 7.62. The summed E-state index contributed by atoms with van der Waals surface area (Å²) in [5.41, 5.74) is 4.60. The predicted molar refractivity (Wildman–Crippen MR) is 110 cm³/mol. The van der Waals surface area contributed by atoms with Crippen molar-refractivity contribution in [1.29, 1.82) is 0 Å². The Morgan fingerprint density at radius 1 is 0.654 bits per heavy atom. The van der Waals surface area contributed by atoms with E-state index in [1.165, 1.54) is 17.5 Å². The van der Waals surface area contributed by atoms with Crippen molar-refractivity contribution in [2.75, 3.05) is 35.5 Å². The van der Waals surface area contributed by atoms with E-state index in [-0.39, 0.29) is 0 Å². The molecule has 2 aromatic rings. The van der Waals surface area contributed by atoms with Crippen LogP contribution >= 0.6 is 7.59 Å². The molecule has 0 spiro atoms. The summed E-state index contributed by atoms with van der Waals surface area (Å²) in [6.07, 6.45) is 3.51. The van der Waals surface area contributed by atoms with Gasteiger partial charge in [0.05, 0.1) is 0 Å². The number of piperidine rings is 1. The second kappa shape index (κ2) is 7.09. The van der Waals surface area contributed by atoms with E-state index >= 15 is 0 Å². The van der Waals surface area contributed by atoms with Gasteiger partial charge in [-0.05, 0) is 51.0 Å². The molecule has 0 atom stereocenters. The normalized spacial score (nSPS) is 20.5. The van der Waals surface area contributed by atoms with Gasteiger partial charge in [0.1, 0.15) is 0 Å². The number of aryl methyl sites for hydroxylation is 2. The fourth-order valence-corrected chi connectivity index (χ4v) is 7.26. The lowest BCUT2D eigenvalue weighted by atomic mass is 10.2. The first-order chi connectivity index (χ1) is 12.6. The van der Waals surface area contributed by atoms with E-state index in [2.05, 4.69) is 76.4 Å². The second-order valence-electron chi connectivity index (χ2n) is 7.44. The summed E-state index contributed by atoms with van der Waals surface area (Å²) >= 11 is 0. The Labute approximate surface area is 156 Å². The molecule has 4 nitrogen and oxygen atoms in total. The van der Waals surface area contributed by atoms with Gasteiger partial charge in [-0.1, -0.05) is 41.8 Å². The van der Waals surface area contributed by atoms with Crippen LogP contribution in [0.2, 0.25) is 0 Å². The van der Waals surface area contributed by atoms with Gasteiger partial charge in [0.25, 0.3) is 0 Å². The van der Waals surface area contributed by atoms with Gasteiger partial charge in [-0.2, -0.15) is 0 Å². The van der Waals surface area contributed by atoms with E-state index in [0.29, 0.717) is 0 Å². The Balaban J connectivity index is 1.75. The molecule has 2 fully saturated rings. The van der Waals surface area contributed by atoms with Crippen LogP contribution in [-0.2, 0) is 4.57 Å². The van der Waals surface area contributed by atoms with Gasteiger partial charge in [-0.25, -0.2) is 4.67 Å². The molecule has 138 valence electrons. The summed E-state index contributed by atoms with van der Waals surface area (Å²) in [7, 11) is -2.84. The average molecular weight is 369 g/mol. The Bertz CT molecular complexity index is 740. The van der Waals surface area contributed by atoms with Crippen LogP contribution in [0.1, 0.15) is 30.4 Å². The minimum atomic E-state index is -2.84. The van der Waals surface area contributed by atoms with Crippen LogP contribution in [0.5, 0.6) is 0 Å². The van der Waals surface area contributed by atoms with Gasteiger partial charge in [-0.15, -0.1) is 0 Å². The van der Waals surface area contributed by atoms with E-state index in [9.17, 15) is 4.57 Å². The summed E-state index contributed by atoms with van der Waals surface area (Å²) in [5, 5.41) is 0. The van der Waals surface area contributed by atoms with Gasteiger partial charge in [0.2, 0.25) is 0 Å². The Hall–Kier alpha value is -1.77. The molecule has 4 rings (SSSR count). The summed E-state index contributed by atoms with van der Waals surface area (Å²) < 4.78 is 21.2. The smallest absolute Gasteiger partial charge is 0.293 e. The molecule has 2 aliphatic heterocycles. The topological polar surface area (TPSA) is 26.8 Å². The molecular weight excluding hydrogens is 341 g/mol. The summed E-state index contributed by atoms with van der Waals surface area (Å²) in [5.74, 6) is 0. The maximum atomic E-state index is 14.6. The van der Waals surface area contributed by atoms with Gasteiger partial charge in [0.15, 0.2) is 0 Å². The largest absolute Gasteiger partial charge is 0.335 e. The molecule has 0 unspecified atom stereocenters. The molecule has 26 heavy (non-hydrogen) atoms. The second-order valence-corrected chi connectivity index (χ2v) is 10.0. The van der Waals surface area contributed by atoms with Gasteiger partial charge < -0.3 is 0 Å². The van der Waals surface area contributed by atoms with Crippen LogP contribution in [0.3, 0.4) is 0 Å². The molecule has 2 aliphatic rings. The highest BCUT2D eigenvalue weighted by Crippen LogP contribution is 2.63. The van der Waals surface area contributed by atoms with Gasteiger partial charge >= 0.3 is 7.59 Å². The van der Waals surface area contributed by atoms with Crippen molar-refractivity contribution in [3.63, 3.8) is 0 Å². The third-order valence-corrected chi connectivity index (χ3v) is 8.77. The quantitative estimate of drug-likeness (QED) is 0.693. The van der Waals surface area contributed by atoms with Crippen molar-refractivity contribution in [2.45, 2.75) is 33.1 Å². The first-order valence-electron chi connectivity index (χ1n) is 9.64. The maximum absolute atomic E-state index is 14.6. The first kappa shape index (κ1) is 17.6. The van der Waals surface area contributed by atoms with Crippen LogP contribution in [0.25, 0.3) is 0 Å². The Morgan fingerprint density at radius 3 is 1.50 bits per heavy atom. The fourth-order valence-electron chi connectivity index (χ4n) is 4.02. The number of nitrogens with zero attached hydrogens (tertiary/aromatic N) is 3. The van der Waals surface area contributed by atoms with Crippen LogP contribution in [0, 0.1) is 13.8 Å². The third-order valence-electron chi connectivity index (χ3n) is 5.52. The molecule has 0 amide bonds. The molecule has 0 N–H and O–H groups in total. The van der Waals surface area contributed by atoms with Gasteiger partial charge in [0, 0.05) is 37.6 Å². The van der Waals surface area contributed by atoms with E-state index in [4.69, 9.17) is 0 Å². The van der Waals surface area contributed by atoms with Crippen molar-refractivity contribution in [3.8, 4) is 0 Å². The van der Waals surface area contributed by atoms with Crippen molar-refractivity contribution in [1.82, 2.24) is 4.67 Å². The number of rotatable bonds is 3. The molecule has 0 bridgehead atoms. The number of hydrogen-bond donors (Lipinski definition) is 0. The highest BCUT2D eigenvalue weighted by Gasteiger charge is 2.48. The maximum Gasteiger partial charge on any atom is 0.335 e. The average Bonchev–Trinajstić information content (AvgIpc) is 3.02. The monoisotopic (exact) mass is 369 g/mol. The zero-order valence-electron chi connectivity index (χ0n) is 15.8. The van der Waals surface area contributed by atoms with Crippen molar-refractivity contribution >= 4 is 19.0 Å². The summed E-state index contributed by atoms with van der Waals surface area (Å²) in [6, 6.07) is 16.9. The molecule has 2 heterocycles. The SMILES string of the molecule is Cc1ccc(N2CCN(c3ccc(C)cc3)P2(=O)N2CCCCC2)cc1. The molecular formula is C21H28N3OP. The zero-order chi connectivity index (χ0) is 18.1. The van der Waals surface area contributed by atoms with Crippen molar-refractivity contribution < 1.29 is 4.57 Å². The number of benzene rings is 2. The lowest BCUT2D eigenvalue weighted by Crippen LogP contribution is -2.37. The van der Waals surface area contributed by atoms with E-state index in [1.54, 1.807) is 0 Å². The fraction of sp³-hybridized carbons (Fsp3) is 0.429.